The van der Waals surface area contributed by atoms with Gasteiger partial charge < -0.3 is 16.6 Å². The van der Waals surface area contributed by atoms with Crippen molar-refractivity contribution < 1.29 is 9.90 Å². The van der Waals surface area contributed by atoms with Crippen molar-refractivity contribution in [1.29, 1.82) is 0 Å². The van der Waals surface area contributed by atoms with E-state index >= 15 is 0 Å². The number of anilines is 1. The van der Waals surface area contributed by atoms with Crippen LogP contribution in [-0.2, 0) is 11.2 Å². The maximum atomic E-state index is 11.4. The Kier molecular flexibility index (Phi) is 4.52. The van der Waals surface area contributed by atoms with Crippen molar-refractivity contribution in [3.05, 3.63) is 29.8 Å². The number of benzene rings is 1. The van der Waals surface area contributed by atoms with Gasteiger partial charge in [-0.2, -0.15) is 0 Å². The predicted octanol–water partition coefficient (Wildman–Crippen LogP) is 1.64. The molecule has 0 heterocycles. The van der Waals surface area contributed by atoms with Crippen LogP contribution >= 0.6 is 0 Å². The minimum atomic E-state index is -0.856. The Hall–Kier alpha value is -1.55. The number of carbonyl (C=O) groups is 1. The van der Waals surface area contributed by atoms with Crippen LogP contribution in [0.25, 0.3) is 0 Å². The molecule has 94 valence electrons. The third-order valence-corrected chi connectivity index (χ3v) is 3.10. The van der Waals surface area contributed by atoms with Crippen LogP contribution in [0.1, 0.15) is 25.3 Å². The summed E-state index contributed by atoms with van der Waals surface area (Å²) in [4.78, 5) is 11.4. The van der Waals surface area contributed by atoms with Crippen LogP contribution in [0, 0.1) is 5.41 Å². The van der Waals surface area contributed by atoms with Crippen molar-refractivity contribution in [2.75, 3.05) is 12.3 Å². The fourth-order valence-electron chi connectivity index (χ4n) is 2.04. The molecule has 1 rings (SSSR count). The van der Waals surface area contributed by atoms with Gasteiger partial charge in [0.1, 0.15) is 0 Å². The molecule has 1 aromatic carbocycles. The van der Waals surface area contributed by atoms with Crippen LogP contribution in [-0.4, -0.2) is 17.6 Å². The summed E-state index contributed by atoms with van der Waals surface area (Å²) in [6.07, 6.45) is 1.84. The highest BCUT2D eigenvalue weighted by molar-refractivity contribution is 5.75. The smallest absolute Gasteiger partial charge is 0.311 e. The summed E-state index contributed by atoms with van der Waals surface area (Å²) in [7, 11) is 0. The summed E-state index contributed by atoms with van der Waals surface area (Å²) < 4.78 is 0. The molecule has 0 aliphatic heterocycles. The van der Waals surface area contributed by atoms with Gasteiger partial charge >= 0.3 is 5.97 Å². The third-order valence-electron chi connectivity index (χ3n) is 3.10. The number of carboxylic acids is 1. The Morgan fingerprint density at radius 2 is 1.94 bits per heavy atom. The molecular weight excluding hydrogens is 216 g/mol. The molecule has 1 atom stereocenters. The second-order valence-corrected chi connectivity index (χ2v) is 4.46. The quantitative estimate of drug-likeness (QED) is 0.655. The molecular formula is C13H20N2O2. The van der Waals surface area contributed by atoms with Gasteiger partial charge in [0.25, 0.3) is 0 Å². The van der Waals surface area contributed by atoms with Crippen LogP contribution in [0.3, 0.4) is 0 Å². The molecule has 1 unspecified atom stereocenters. The lowest BCUT2D eigenvalue weighted by molar-refractivity contribution is -0.148. The van der Waals surface area contributed by atoms with Gasteiger partial charge in [-0.25, -0.2) is 0 Å². The second kappa shape index (κ2) is 5.68. The molecule has 17 heavy (non-hydrogen) atoms. The molecule has 0 amide bonds. The van der Waals surface area contributed by atoms with Gasteiger partial charge in [0.2, 0.25) is 0 Å². The highest BCUT2D eigenvalue weighted by Gasteiger charge is 2.36. The van der Waals surface area contributed by atoms with E-state index in [1.807, 2.05) is 19.1 Å². The Balaban J connectivity index is 2.92. The maximum absolute atomic E-state index is 11.4. The lowest BCUT2D eigenvalue weighted by atomic mass is 9.78. The van der Waals surface area contributed by atoms with E-state index in [4.69, 9.17) is 11.5 Å². The van der Waals surface area contributed by atoms with Crippen molar-refractivity contribution in [1.82, 2.24) is 0 Å². The number of rotatable bonds is 6. The summed E-state index contributed by atoms with van der Waals surface area (Å²) >= 11 is 0. The first-order chi connectivity index (χ1) is 8.04. The molecule has 0 saturated carbocycles. The van der Waals surface area contributed by atoms with Gasteiger partial charge in [0.05, 0.1) is 5.41 Å². The van der Waals surface area contributed by atoms with Crippen LogP contribution in [0.5, 0.6) is 0 Å². The third kappa shape index (κ3) is 3.20. The lowest BCUT2D eigenvalue weighted by Gasteiger charge is -2.27. The lowest BCUT2D eigenvalue weighted by Crippen LogP contribution is -2.40. The standard InChI is InChI=1S/C13H20N2O2/c1-2-7-13(9-14,12(16)17)8-10-3-5-11(15)6-4-10/h3-6H,2,7-9,14-15H2,1H3,(H,16,17). The van der Waals surface area contributed by atoms with Gasteiger partial charge in [0.15, 0.2) is 0 Å². The zero-order valence-corrected chi connectivity index (χ0v) is 10.1. The Morgan fingerprint density at radius 3 is 2.35 bits per heavy atom. The molecule has 0 aliphatic carbocycles. The highest BCUT2D eigenvalue weighted by Crippen LogP contribution is 2.28. The summed E-state index contributed by atoms with van der Waals surface area (Å²) in [5.74, 6) is -0.821. The predicted molar refractivity (Wildman–Crippen MR) is 68.6 cm³/mol. The SMILES string of the molecule is CCCC(CN)(Cc1ccc(N)cc1)C(=O)O. The first kappa shape index (κ1) is 13.5. The molecule has 0 radical (unpaired) electrons. The minimum Gasteiger partial charge on any atom is -0.481 e. The fraction of sp³-hybridized carbons (Fsp3) is 0.462. The number of aliphatic carboxylic acids is 1. The molecule has 0 aliphatic rings. The van der Waals surface area contributed by atoms with E-state index in [9.17, 15) is 9.90 Å². The zero-order chi connectivity index (χ0) is 12.9. The highest BCUT2D eigenvalue weighted by atomic mass is 16.4. The number of hydrogen-bond acceptors (Lipinski definition) is 3. The molecule has 0 spiro atoms. The summed E-state index contributed by atoms with van der Waals surface area (Å²) in [5, 5.41) is 9.37. The van der Waals surface area contributed by atoms with Crippen LogP contribution in [0.4, 0.5) is 5.69 Å². The molecule has 0 aromatic heterocycles. The maximum Gasteiger partial charge on any atom is 0.311 e. The van der Waals surface area contributed by atoms with E-state index in [0.717, 1.165) is 12.0 Å². The number of nitrogen functional groups attached to an aromatic ring is 1. The first-order valence-electron chi connectivity index (χ1n) is 5.82. The van der Waals surface area contributed by atoms with E-state index in [-0.39, 0.29) is 6.54 Å². The van der Waals surface area contributed by atoms with E-state index in [2.05, 4.69) is 0 Å². The largest absolute Gasteiger partial charge is 0.481 e. The topological polar surface area (TPSA) is 89.3 Å². The molecule has 4 heteroatoms. The Morgan fingerprint density at radius 1 is 1.35 bits per heavy atom. The van der Waals surface area contributed by atoms with Gasteiger partial charge in [0, 0.05) is 12.2 Å². The average Bonchev–Trinajstić information content (AvgIpc) is 2.31. The van der Waals surface area contributed by atoms with E-state index in [1.165, 1.54) is 0 Å². The summed E-state index contributed by atoms with van der Waals surface area (Å²) in [5.41, 5.74) is 12.0. The normalized spacial score (nSPS) is 14.2. The zero-order valence-electron chi connectivity index (χ0n) is 10.1. The van der Waals surface area contributed by atoms with E-state index < -0.39 is 11.4 Å². The molecule has 0 saturated heterocycles. The van der Waals surface area contributed by atoms with Gasteiger partial charge in [-0.05, 0) is 30.5 Å². The van der Waals surface area contributed by atoms with Crippen LogP contribution < -0.4 is 11.5 Å². The molecule has 1 aromatic rings. The van der Waals surface area contributed by atoms with Crippen molar-refractivity contribution in [2.45, 2.75) is 26.2 Å². The van der Waals surface area contributed by atoms with Crippen molar-refractivity contribution in [3.63, 3.8) is 0 Å². The number of carboxylic acid groups (broad SMARTS) is 1. The number of hydrogen-bond donors (Lipinski definition) is 3. The van der Waals surface area contributed by atoms with Crippen molar-refractivity contribution in [3.8, 4) is 0 Å². The van der Waals surface area contributed by atoms with Gasteiger partial charge in [-0.1, -0.05) is 25.5 Å². The Labute approximate surface area is 102 Å². The van der Waals surface area contributed by atoms with Gasteiger partial charge in [-0.15, -0.1) is 0 Å². The summed E-state index contributed by atoms with van der Waals surface area (Å²) in [6, 6.07) is 7.28. The Bertz CT molecular complexity index is 376. The van der Waals surface area contributed by atoms with E-state index in [0.29, 0.717) is 18.5 Å². The molecule has 4 nitrogen and oxygen atoms in total. The van der Waals surface area contributed by atoms with Gasteiger partial charge in [-0.3, -0.25) is 4.79 Å². The average molecular weight is 236 g/mol. The fourth-order valence-corrected chi connectivity index (χ4v) is 2.04. The van der Waals surface area contributed by atoms with E-state index in [1.54, 1.807) is 12.1 Å². The first-order valence-corrected chi connectivity index (χ1v) is 5.82. The molecule has 0 fully saturated rings. The molecule has 5 N–H and O–H groups in total. The minimum absolute atomic E-state index is 0.153. The number of nitrogens with two attached hydrogens (primary N) is 2. The van der Waals surface area contributed by atoms with Crippen LogP contribution in [0.15, 0.2) is 24.3 Å². The van der Waals surface area contributed by atoms with Crippen LogP contribution in [0.2, 0.25) is 0 Å². The monoisotopic (exact) mass is 236 g/mol. The van der Waals surface area contributed by atoms with Crippen molar-refractivity contribution in [2.24, 2.45) is 11.1 Å². The second-order valence-electron chi connectivity index (χ2n) is 4.46. The summed E-state index contributed by atoms with van der Waals surface area (Å²) in [6.45, 7) is 2.12. The van der Waals surface area contributed by atoms with Crippen molar-refractivity contribution >= 4 is 11.7 Å². The molecule has 0 bridgehead atoms.